The molecule has 4 rings (SSSR count). The molecule has 136 valence electrons. The van der Waals surface area contributed by atoms with E-state index in [0.717, 1.165) is 24.5 Å². The average Bonchev–Trinajstić information content (AvgIpc) is 2.85. The van der Waals surface area contributed by atoms with Crippen LogP contribution in [0.4, 0.5) is 0 Å². The van der Waals surface area contributed by atoms with Crippen LogP contribution in [0.2, 0.25) is 0 Å². The first kappa shape index (κ1) is 16.9. The van der Waals surface area contributed by atoms with Gasteiger partial charge in [-0.05, 0) is 79.0 Å². The highest BCUT2D eigenvalue weighted by atomic mass is 16.5. The van der Waals surface area contributed by atoms with Gasteiger partial charge in [0.2, 0.25) is 0 Å². The van der Waals surface area contributed by atoms with Crippen molar-refractivity contribution in [3.63, 3.8) is 0 Å². The predicted molar refractivity (Wildman–Crippen MR) is 97.7 cm³/mol. The summed E-state index contributed by atoms with van der Waals surface area (Å²) in [5.74, 6) is 3.37. The van der Waals surface area contributed by atoms with Gasteiger partial charge in [-0.3, -0.25) is 4.79 Å². The molecule has 0 amide bonds. The molecule has 0 unspecified atom stereocenters. The van der Waals surface area contributed by atoms with E-state index in [4.69, 9.17) is 9.47 Å². The number of benzene rings is 1. The molecule has 0 spiro atoms. The maximum atomic E-state index is 11.6. The number of hydrogen-bond acceptors (Lipinski definition) is 3. The lowest BCUT2D eigenvalue weighted by atomic mass is 9.55. The minimum Gasteiger partial charge on any atom is -0.497 e. The van der Waals surface area contributed by atoms with Crippen molar-refractivity contribution >= 4 is 5.97 Å². The van der Waals surface area contributed by atoms with Crippen molar-refractivity contribution in [2.75, 3.05) is 7.11 Å². The van der Waals surface area contributed by atoms with Gasteiger partial charge in [0, 0.05) is 12.3 Å². The molecule has 3 heteroatoms. The van der Waals surface area contributed by atoms with E-state index < -0.39 is 0 Å². The molecule has 0 N–H and O–H groups in total. The second-order valence-corrected chi connectivity index (χ2v) is 8.77. The lowest BCUT2D eigenvalue weighted by molar-refractivity contribution is -0.157. The quantitative estimate of drug-likeness (QED) is 0.729. The Kier molecular flexibility index (Phi) is 4.09. The topological polar surface area (TPSA) is 35.5 Å². The first-order valence-electron chi connectivity index (χ1n) is 9.78. The molecule has 0 bridgehead atoms. The molecule has 25 heavy (non-hydrogen) atoms. The number of fused-ring (bicyclic) bond motifs is 5. The highest BCUT2D eigenvalue weighted by molar-refractivity contribution is 5.66. The molecule has 3 aliphatic rings. The zero-order chi connectivity index (χ0) is 17.8. The summed E-state index contributed by atoms with van der Waals surface area (Å²) in [6.07, 6.45) is 6.06. The molecular weight excluding hydrogens is 312 g/mol. The van der Waals surface area contributed by atoms with Crippen LogP contribution in [0, 0.1) is 23.2 Å². The molecule has 1 aromatic rings. The van der Waals surface area contributed by atoms with Crippen molar-refractivity contribution in [1.29, 1.82) is 0 Å². The van der Waals surface area contributed by atoms with Crippen molar-refractivity contribution in [3.8, 4) is 5.75 Å². The normalized spacial score (nSPS) is 39.1. The summed E-state index contributed by atoms with van der Waals surface area (Å²) in [4.78, 5) is 11.6. The third-order valence-electron chi connectivity index (χ3n) is 7.46. The van der Waals surface area contributed by atoms with Crippen molar-refractivity contribution < 1.29 is 14.3 Å². The van der Waals surface area contributed by atoms with Crippen LogP contribution in [0.5, 0.6) is 5.75 Å². The van der Waals surface area contributed by atoms with E-state index in [2.05, 4.69) is 32.0 Å². The molecule has 6 atom stereocenters. The largest absolute Gasteiger partial charge is 0.497 e. The van der Waals surface area contributed by atoms with Crippen molar-refractivity contribution in [3.05, 3.63) is 29.3 Å². The molecular formula is C22H30O3. The maximum absolute atomic E-state index is 11.6. The van der Waals surface area contributed by atoms with Gasteiger partial charge in [-0.15, -0.1) is 0 Å². The van der Waals surface area contributed by atoms with Gasteiger partial charge < -0.3 is 9.47 Å². The highest BCUT2D eigenvalue weighted by Gasteiger charge is 2.58. The van der Waals surface area contributed by atoms with Crippen molar-refractivity contribution in [1.82, 2.24) is 0 Å². The first-order valence-corrected chi connectivity index (χ1v) is 9.78. The summed E-state index contributed by atoms with van der Waals surface area (Å²) < 4.78 is 11.2. The third kappa shape index (κ3) is 2.58. The van der Waals surface area contributed by atoms with Gasteiger partial charge in [-0.2, -0.15) is 0 Å². The fourth-order valence-corrected chi connectivity index (χ4v) is 6.43. The fraction of sp³-hybridized carbons (Fsp3) is 0.682. The zero-order valence-corrected chi connectivity index (χ0v) is 15.9. The summed E-state index contributed by atoms with van der Waals surface area (Å²) in [5.41, 5.74) is 3.17. The van der Waals surface area contributed by atoms with Crippen LogP contribution < -0.4 is 4.74 Å². The van der Waals surface area contributed by atoms with E-state index in [1.165, 1.54) is 24.8 Å². The summed E-state index contributed by atoms with van der Waals surface area (Å²) in [7, 11) is 1.74. The Morgan fingerprint density at radius 3 is 2.80 bits per heavy atom. The van der Waals surface area contributed by atoms with Crippen molar-refractivity contribution in [2.24, 2.45) is 23.2 Å². The number of rotatable bonds is 2. The Bertz CT molecular complexity index is 682. The second kappa shape index (κ2) is 6.03. The Morgan fingerprint density at radius 2 is 2.08 bits per heavy atom. The maximum Gasteiger partial charge on any atom is 0.302 e. The van der Waals surface area contributed by atoms with E-state index in [1.54, 1.807) is 19.6 Å². The summed E-state index contributed by atoms with van der Waals surface area (Å²) in [5, 5.41) is 0. The molecule has 3 nitrogen and oxygen atoms in total. The van der Waals surface area contributed by atoms with Crippen LogP contribution in [-0.2, 0) is 16.0 Å². The highest BCUT2D eigenvalue weighted by Crippen LogP contribution is 2.62. The van der Waals surface area contributed by atoms with E-state index >= 15 is 0 Å². The number of esters is 1. The number of methoxy groups -OCH3 is 1. The Morgan fingerprint density at radius 1 is 1.28 bits per heavy atom. The van der Waals surface area contributed by atoms with Crippen LogP contribution in [0.25, 0.3) is 0 Å². The van der Waals surface area contributed by atoms with Gasteiger partial charge in [-0.25, -0.2) is 0 Å². The minimum absolute atomic E-state index is 0.0909. The molecule has 3 aliphatic carbocycles. The lowest BCUT2D eigenvalue weighted by Gasteiger charge is -2.50. The number of ether oxygens (including phenoxy) is 2. The molecule has 0 saturated heterocycles. The Hall–Kier alpha value is -1.51. The first-order chi connectivity index (χ1) is 11.9. The second-order valence-electron chi connectivity index (χ2n) is 8.77. The Balaban J connectivity index is 1.64. The smallest absolute Gasteiger partial charge is 0.302 e. The van der Waals surface area contributed by atoms with Crippen LogP contribution in [0.3, 0.4) is 0 Å². The van der Waals surface area contributed by atoms with Gasteiger partial charge in [0.1, 0.15) is 11.9 Å². The Labute approximate surface area is 151 Å². The van der Waals surface area contributed by atoms with Gasteiger partial charge in [0.25, 0.3) is 0 Å². The monoisotopic (exact) mass is 342 g/mol. The molecule has 1 aromatic carbocycles. The standard InChI is InChI=1S/C22H30O3/c1-13-11-20-19-7-5-15-12-16(24-4)6-8-17(15)18(19)9-10-22(20,3)21(13)25-14(2)23/h6,8,12-13,18-21H,5,7,9-11H2,1-4H3/t13-,18+,19+,20-,21+,22-/m0/s1. The van der Waals surface area contributed by atoms with Gasteiger partial charge in [0.15, 0.2) is 0 Å². The summed E-state index contributed by atoms with van der Waals surface area (Å²) in [6, 6.07) is 6.65. The summed E-state index contributed by atoms with van der Waals surface area (Å²) in [6.45, 7) is 6.21. The van der Waals surface area contributed by atoms with E-state index in [-0.39, 0.29) is 17.5 Å². The van der Waals surface area contributed by atoms with Crippen molar-refractivity contribution in [2.45, 2.75) is 64.9 Å². The van der Waals surface area contributed by atoms with Crippen LogP contribution in [0.15, 0.2) is 18.2 Å². The number of aryl methyl sites for hydroxylation is 1. The molecule has 0 radical (unpaired) electrons. The van der Waals surface area contributed by atoms with Gasteiger partial charge in [0.05, 0.1) is 7.11 Å². The predicted octanol–water partition coefficient (Wildman–Crippen LogP) is 4.73. The van der Waals surface area contributed by atoms with Gasteiger partial charge in [-0.1, -0.05) is 19.9 Å². The SMILES string of the molecule is COc1ccc2c(c1)CC[C@@H]1[C@@H]2CC[C@]2(C)[C@H](OC(C)=O)[C@@H](C)C[C@@H]12. The molecule has 2 saturated carbocycles. The van der Waals surface area contributed by atoms with Crippen LogP contribution in [0.1, 0.15) is 63.5 Å². The number of hydrogen-bond donors (Lipinski definition) is 0. The molecule has 0 aliphatic heterocycles. The van der Waals surface area contributed by atoms with Crippen LogP contribution >= 0.6 is 0 Å². The number of carbonyl (C=O) groups excluding carboxylic acids is 1. The van der Waals surface area contributed by atoms with Crippen LogP contribution in [-0.4, -0.2) is 19.2 Å². The van der Waals surface area contributed by atoms with E-state index in [0.29, 0.717) is 17.8 Å². The fourth-order valence-electron chi connectivity index (χ4n) is 6.43. The molecule has 0 aromatic heterocycles. The number of carbonyl (C=O) groups is 1. The summed E-state index contributed by atoms with van der Waals surface area (Å²) >= 11 is 0. The van der Waals surface area contributed by atoms with Gasteiger partial charge >= 0.3 is 5.97 Å². The zero-order valence-electron chi connectivity index (χ0n) is 15.9. The van der Waals surface area contributed by atoms with E-state index in [1.807, 2.05) is 0 Å². The minimum atomic E-state index is -0.123. The third-order valence-corrected chi connectivity index (χ3v) is 7.46. The average molecular weight is 342 g/mol. The molecule has 0 heterocycles. The van der Waals surface area contributed by atoms with E-state index in [9.17, 15) is 4.79 Å². The molecule has 2 fully saturated rings. The lowest BCUT2D eigenvalue weighted by Crippen LogP contribution is -2.45.